The number of likely N-dealkylation sites (tertiary alicyclic amines) is 1. The Hall–Kier alpha value is -2.94. The molecule has 0 radical (unpaired) electrons. The fourth-order valence-electron chi connectivity index (χ4n) is 7.19. The van der Waals surface area contributed by atoms with Crippen LogP contribution in [-0.2, 0) is 9.59 Å². The number of aliphatic hydroxyl groups excluding tert-OH is 2. The van der Waals surface area contributed by atoms with E-state index in [1.807, 2.05) is 49.4 Å². The molecule has 0 aromatic heterocycles. The van der Waals surface area contributed by atoms with E-state index in [1.165, 1.54) is 4.90 Å². The molecule has 3 aliphatic rings. The molecular weight excluding hydrogens is 610 g/mol. The molecule has 4 atom stereocenters. The van der Waals surface area contributed by atoms with E-state index >= 15 is 0 Å². The number of allylic oxidation sites excluding steroid dienone is 1. The van der Waals surface area contributed by atoms with E-state index in [0.29, 0.717) is 36.1 Å². The van der Waals surface area contributed by atoms with Crippen LogP contribution < -0.4 is 4.74 Å². The standard InChI is InChI=1S/C35H42BrNO6/c1-2-22(17-23-18-25(36)14-16-30(23)39)13-15-31(40)32-24(21-43-27-11-7-4-8-12-27)19-28-33(29(32)20-38)35(42)37(34(28)41)26-9-5-3-6-10-26/h4,7-8,11-12,14,16-18,26,28-29,31,33,38-40H,2-3,5-6,9-10,13,15,19-21H2,1H3/b22-17+/t28-,29+,31-,33-/m1/s1. The minimum atomic E-state index is -0.926. The zero-order valence-electron chi connectivity index (χ0n) is 24.8. The lowest BCUT2D eigenvalue weighted by Gasteiger charge is -2.36. The van der Waals surface area contributed by atoms with Gasteiger partial charge in [0.15, 0.2) is 0 Å². The molecule has 0 spiro atoms. The number of benzene rings is 2. The third-order valence-corrected chi connectivity index (χ3v) is 9.91. The highest BCUT2D eigenvalue weighted by Crippen LogP contribution is 2.47. The molecule has 1 saturated carbocycles. The fourth-order valence-corrected chi connectivity index (χ4v) is 7.57. The highest BCUT2D eigenvalue weighted by molar-refractivity contribution is 9.10. The second-order valence-corrected chi connectivity index (χ2v) is 13.0. The SMILES string of the molecule is CC/C(=C\c1cc(Br)ccc1O)CC[C@@H](O)C1=C(COc2ccccc2)C[C@H]2C(=O)N(C3CCCCC3)C(=O)[C@H]2[C@H]1CO. The summed E-state index contributed by atoms with van der Waals surface area (Å²) in [6.45, 7) is 1.88. The Morgan fingerprint density at radius 3 is 2.53 bits per heavy atom. The Morgan fingerprint density at radius 2 is 1.84 bits per heavy atom. The summed E-state index contributed by atoms with van der Waals surface area (Å²) in [4.78, 5) is 29.1. The van der Waals surface area contributed by atoms with E-state index in [0.717, 1.165) is 54.1 Å². The van der Waals surface area contributed by atoms with E-state index in [-0.39, 0.29) is 36.8 Å². The van der Waals surface area contributed by atoms with Crippen molar-refractivity contribution in [2.75, 3.05) is 13.2 Å². The van der Waals surface area contributed by atoms with Crippen LogP contribution in [0.25, 0.3) is 6.08 Å². The number of hydrogen-bond donors (Lipinski definition) is 3. The molecule has 230 valence electrons. The summed E-state index contributed by atoms with van der Waals surface area (Å²) in [5.41, 5.74) is 3.17. The molecule has 7 nitrogen and oxygen atoms in total. The van der Waals surface area contributed by atoms with Crippen LogP contribution in [0.15, 0.2) is 69.7 Å². The number of carbonyl (C=O) groups is 2. The van der Waals surface area contributed by atoms with Gasteiger partial charge in [-0.1, -0.05) is 72.0 Å². The summed E-state index contributed by atoms with van der Waals surface area (Å²) in [5.74, 6) is -1.37. The van der Waals surface area contributed by atoms with Gasteiger partial charge in [-0.25, -0.2) is 0 Å². The van der Waals surface area contributed by atoms with Crippen molar-refractivity contribution in [1.29, 1.82) is 0 Å². The Balaban J connectivity index is 1.43. The largest absolute Gasteiger partial charge is 0.507 e. The zero-order chi connectivity index (χ0) is 30.5. The number of ether oxygens (including phenoxy) is 1. The van der Waals surface area contributed by atoms with Crippen LogP contribution in [0, 0.1) is 17.8 Å². The van der Waals surface area contributed by atoms with Crippen molar-refractivity contribution in [2.45, 2.75) is 76.9 Å². The van der Waals surface area contributed by atoms with E-state index < -0.39 is 23.9 Å². The molecule has 1 aliphatic heterocycles. The van der Waals surface area contributed by atoms with Crippen molar-refractivity contribution < 1.29 is 29.6 Å². The molecule has 2 fully saturated rings. The molecular formula is C35H42BrNO6. The first-order valence-electron chi connectivity index (χ1n) is 15.6. The second kappa shape index (κ2) is 14.2. The maximum absolute atomic E-state index is 13.9. The van der Waals surface area contributed by atoms with Crippen LogP contribution in [0.4, 0.5) is 0 Å². The predicted molar refractivity (Wildman–Crippen MR) is 169 cm³/mol. The fraction of sp³-hybridized carbons (Fsp3) is 0.486. The van der Waals surface area contributed by atoms with Crippen LogP contribution in [0.5, 0.6) is 11.5 Å². The van der Waals surface area contributed by atoms with Gasteiger partial charge in [-0.3, -0.25) is 14.5 Å². The number of imide groups is 1. The Labute approximate surface area is 262 Å². The van der Waals surface area contributed by atoms with Gasteiger partial charge in [-0.05, 0) is 80.0 Å². The van der Waals surface area contributed by atoms with Crippen molar-refractivity contribution in [3.63, 3.8) is 0 Å². The van der Waals surface area contributed by atoms with E-state index in [1.54, 1.807) is 12.1 Å². The number of para-hydroxylation sites is 1. The van der Waals surface area contributed by atoms with E-state index in [9.17, 15) is 24.9 Å². The summed E-state index contributed by atoms with van der Waals surface area (Å²) < 4.78 is 6.98. The Morgan fingerprint density at radius 1 is 1.09 bits per heavy atom. The number of aromatic hydroxyl groups is 1. The number of nitrogens with zero attached hydrogens (tertiary/aromatic N) is 1. The monoisotopic (exact) mass is 651 g/mol. The predicted octanol–water partition coefficient (Wildman–Crippen LogP) is 6.41. The summed E-state index contributed by atoms with van der Waals surface area (Å²) in [7, 11) is 0. The third kappa shape index (κ3) is 6.92. The molecule has 2 aliphatic carbocycles. The smallest absolute Gasteiger partial charge is 0.234 e. The van der Waals surface area contributed by atoms with Crippen molar-refractivity contribution in [1.82, 2.24) is 4.90 Å². The molecule has 1 saturated heterocycles. The Bertz CT molecular complexity index is 1370. The van der Waals surface area contributed by atoms with Gasteiger partial charge >= 0.3 is 0 Å². The van der Waals surface area contributed by atoms with Gasteiger partial charge in [0.25, 0.3) is 0 Å². The lowest BCUT2D eigenvalue weighted by Crippen LogP contribution is -2.42. The first-order valence-corrected chi connectivity index (χ1v) is 16.3. The Kier molecular flexibility index (Phi) is 10.4. The van der Waals surface area contributed by atoms with Gasteiger partial charge in [0.05, 0.1) is 24.5 Å². The molecule has 1 heterocycles. The molecule has 8 heteroatoms. The van der Waals surface area contributed by atoms with E-state index in [2.05, 4.69) is 15.9 Å². The molecule has 2 aromatic rings. The minimum absolute atomic E-state index is 0.0808. The van der Waals surface area contributed by atoms with Crippen LogP contribution in [-0.4, -0.2) is 57.4 Å². The second-order valence-electron chi connectivity index (χ2n) is 12.0. The average molecular weight is 653 g/mol. The molecule has 2 amide bonds. The number of halogens is 1. The van der Waals surface area contributed by atoms with Crippen LogP contribution in [0.2, 0.25) is 0 Å². The summed E-state index contributed by atoms with van der Waals surface area (Å²) in [5, 5.41) is 32.8. The van der Waals surface area contributed by atoms with Crippen LogP contribution in [0.1, 0.15) is 70.3 Å². The number of amides is 2. The number of phenols is 1. The molecule has 2 aromatic carbocycles. The lowest BCUT2D eigenvalue weighted by atomic mass is 9.68. The summed E-state index contributed by atoms with van der Waals surface area (Å²) in [6, 6.07) is 14.6. The van der Waals surface area contributed by atoms with Crippen molar-refractivity contribution in [2.24, 2.45) is 17.8 Å². The topological polar surface area (TPSA) is 107 Å². The van der Waals surface area contributed by atoms with E-state index in [4.69, 9.17) is 4.74 Å². The quantitative estimate of drug-likeness (QED) is 0.191. The van der Waals surface area contributed by atoms with Crippen molar-refractivity contribution in [3.05, 3.63) is 75.3 Å². The normalized spacial score (nSPS) is 24.0. The summed E-state index contributed by atoms with van der Waals surface area (Å²) >= 11 is 3.46. The molecule has 43 heavy (non-hydrogen) atoms. The van der Waals surface area contributed by atoms with Gasteiger partial charge in [-0.2, -0.15) is 0 Å². The van der Waals surface area contributed by atoms with Crippen molar-refractivity contribution >= 4 is 33.8 Å². The first-order chi connectivity index (χ1) is 20.8. The number of carbonyl (C=O) groups excluding carboxylic acids is 2. The maximum atomic E-state index is 13.9. The van der Waals surface area contributed by atoms with Crippen molar-refractivity contribution in [3.8, 4) is 11.5 Å². The maximum Gasteiger partial charge on any atom is 0.234 e. The highest BCUT2D eigenvalue weighted by Gasteiger charge is 2.56. The number of aliphatic hydroxyl groups is 2. The average Bonchev–Trinajstić information content (AvgIpc) is 3.28. The molecule has 0 bridgehead atoms. The molecule has 3 N–H and O–H groups in total. The molecule has 0 unspecified atom stereocenters. The zero-order valence-corrected chi connectivity index (χ0v) is 26.3. The first kappa shape index (κ1) is 31.5. The van der Waals surface area contributed by atoms with Gasteiger partial charge < -0.3 is 20.1 Å². The number of rotatable bonds is 11. The summed E-state index contributed by atoms with van der Waals surface area (Å²) in [6.07, 6.45) is 7.80. The number of hydrogen-bond acceptors (Lipinski definition) is 6. The molecule has 5 rings (SSSR count). The van der Waals surface area contributed by atoms with Gasteiger partial charge in [0, 0.05) is 22.0 Å². The highest BCUT2D eigenvalue weighted by atomic mass is 79.9. The van der Waals surface area contributed by atoms with Crippen LogP contribution >= 0.6 is 15.9 Å². The lowest BCUT2D eigenvalue weighted by molar-refractivity contribution is -0.143. The van der Waals surface area contributed by atoms with Gasteiger partial charge in [0.2, 0.25) is 11.8 Å². The van der Waals surface area contributed by atoms with Crippen LogP contribution in [0.3, 0.4) is 0 Å². The van der Waals surface area contributed by atoms with Gasteiger partial charge in [-0.15, -0.1) is 0 Å². The van der Waals surface area contributed by atoms with Gasteiger partial charge in [0.1, 0.15) is 18.1 Å². The third-order valence-electron chi connectivity index (χ3n) is 9.41. The number of phenolic OH excluding ortho intramolecular Hbond substituents is 1. The minimum Gasteiger partial charge on any atom is -0.507 e. The number of fused-ring (bicyclic) bond motifs is 1.